The second-order valence-electron chi connectivity index (χ2n) is 6.82. The van der Waals surface area contributed by atoms with Crippen molar-refractivity contribution in [2.75, 3.05) is 11.1 Å². The lowest BCUT2D eigenvalue weighted by atomic mass is 10.1. The summed E-state index contributed by atoms with van der Waals surface area (Å²) < 4.78 is 1.91. The topological polar surface area (TPSA) is 85.6 Å². The van der Waals surface area contributed by atoms with Gasteiger partial charge in [0.05, 0.1) is 11.5 Å². The van der Waals surface area contributed by atoms with Crippen molar-refractivity contribution in [2.45, 2.75) is 43.8 Å². The van der Waals surface area contributed by atoms with Gasteiger partial charge in [-0.05, 0) is 57.0 Å². The normalized spacial score (nSPS) is 10.9. The minimum absolute atomic E-state index is 0.0687. The number of anilines is 1. The van der Waals surface area contributed by atoms with E-state index in [1.165, 1.54) is 29.1 Å². The third-order valence-corrected chi connectivity index (χ3v) is 6.20. The number of nitrogens with zero attached hydrogens (tertiary/aromatic N) is 5. The summed E-state index contributed by atoms with van der Waals surface area (Å²) in [7, 11) is 1.90. The average Bonchev–Trinajstić information content (AvgIpc) is 3.00. The summed E-state index contributed by atoms with van der Waals surface area (Å²) in [6.07, 6.45) is 0. The molecule has 7 nitrogen and oxygen atoms in total. The number of rotatable bonds is 7. The van der Waals surface area contributed by atoms with Gasteiger partial charge in [-0.25, -0.2) is 9.97 Å². The molecular weight excluding hydrogens is 404 g/mol. The summed E-state index contributed by atoms with van der Waals surface area (Å²) in [6.45, 7) is 7.99. The highest BCUT2D eigenvalue weighted by Crippen LogP contribution is 2.22. The third-order valence-electron chi connectivity index (χ3n) is 4.34. The molecule has 29 heavy (non-hydrogen) atoms. The van der Waals surface area contributed by atoms with Crippen LogP contribution < -0.4 is 5.32 Å². The molecule has 0 radical (unpaired) electrons. The van der Waals surface area contributed by atoms with Crippen LogP contribution >= 0.6 is 23.5 Å². The molecule has 0 saturated heterocycles. The molecular formula is C20H24N6OS2. The maximum Gasteiger partial charge on any atom is 0.234 e. The number of aromatic nitrogens is 5. The molecule has 0 fully saturated rings. The Hall–Kier alpha value is -2.39. The van der Waals surface area contributed by atoms with Crippen LogP contribution in [0.1, 0.15) is 28.3 Å². The van der Waals surface area contributed by atoms with Crippen LogP contribution in [0.5, 0.6) is 0 Å². The van der Waals surface area contributed by atoms with E-state index in [0.29, 0.717) is 10.9 Å². The quantitative estimate of drug-likeness (QED) is 0.452. The predicted molar refractivity (Wildman–Crippen MR) is 117 cm³/mol. The molecule has 3 aromatic rings. The van der Waals surface area contributed by atoms with Gasteiger partial charge >= 0.3 is 0 Å². The fourth-order valence-corrected chi connectivity index (χ4v) is 4.29. The zero-order valence-electron chi connectivity index (χ0n) is 17.2. The van der Waals surface area contributed by atoms with Crippen molar-refractivity contribution < 1.29 is 4.79 Å². The van der Waals surface area contributed by atoms with Crippen LogP contribution in [0.15, 0.2) is 34.6 Å². The maximum atomic E-state index is 12.3. The van der Waals surface area contributed by atoms with Gasteiger partial charge in [-0.3, -0.25) is 4.79 Å². The molecule has 2 heterocycles. The van der Waals surface area contributed by atoms with E-state index in [1.807, 2.05) is 63.6 Å². The minimum atomic E-state index is -0.0687. The lowest BCUT2D eigenvalue weighted by Crippen LogP contribution is -2.14. The number of amides is 1. The Labute approximate surface area is 179 Å². The summed E-state index contributed by atoms with van der Waals surface area (Å²) in [5, 5.41) is 12.8. The molecule has 2 aromatic heterocycles. The summed E-state index contributed by atoms with van der Waals surface area (Å²) in [5.41, 5.74) is 5.06. The van der Waals surface area contributed by atoms with E-state index in [-0.39, 0.29) is 11.7 Å². The first-order valence-corrected chi connectivity index (χ1v) is 11.1. The maximum absolute atomic E-state index is 12.3. The Balaban J connectivity index is 1.54. The van der Waals surface area contributed by atoms with E-state index in [2.05, 4.69) is 25.5 Å². The van der Waals surface area contributed by atoms with E-state index in [4.69, 9.17) is 0 Å². The summed E-state index contributed by atoms with van der Waals surface area (Å²) in [5.74, 6) is 1.63. The lowest BCUT2D eigenvalue weighted by molar-refractivity contribution is -0.113. The van der Waals surface area contributed by atoms with Crippen LogP contribution in [0.2, 0.25) is 0 Å². The fraction of sp³-hybridized carbons (Fsp3) is 0.350. The number of hydrogen-bond donors (Lipinski definition) is 1. The van der Waals surface area contributed by atoms with Gasteiger partial charge in [0.2, 0.25) is 5.91 Å². The highest BCUT2D eigenvalue weighted by atomic mass is 32.2. The van der Waals surface area contributed by atoms with Crippen LogP contribution in [-0.4, -0.2) is 36.4 Å². The van der Waals surface area contributed by atoms with Crippen LogP contribution in [0.3, 0.4) is 0 Å². The number of carbonyl (C=O) groups is 1. The van der Waals surface area contributed by atoms with E-state index in [1.54, 1.807) is 0 Å². The number of carbonyl (C=O) groups excluding carboxylic acids is 1. The Morgan fingerprint density at radius 3 is 2.41 bits per heavy atom. The van der Waals surface area contributed by atoms with Crippen LogP contribution in [0.4, 0.5) is 5.69 Å². The molecule has 0 aliphatic rings. The second-order valence-corrected chi connectivity index (χ2v) is 8.70. The van der Waals surface area contributed by atoms with Gasteiger partial charge in [0.25, 0.3) is 0 Å². The Kier molecular flexibility index (Phi) is 6.92. The van der Waals surface area contributed by atoms with Crippen molar-refractivity contribution in [1.82, 2.24) is 24.7 Å². The largest absolute Gasteiger partial charge is 0.325 e. The van der Waals surface area contributed by atoms with Crippen LogP contribution in [-0.2, 0) is 17.6 Å². The van der Waals surface area contributed by atoms with Gasteiger partial charge < -0.3 is 9.88 Å². The Morgan fingerprint density at radius 2 is 1.72 bits per heavy atom. The molecule has 0 aliphatic heterocycles. The minimum Gasteiger partial charge on any atom is -0.325 e. The molecule has 1 N–H and O–H groups in total. The van der Waals surface area contributed by atoms with Gasteiger partial charge in [0.15, 0.2) is 10.3 Å². The first kappa shape index (κ1) is 21.3. The first-order valence-electron chi connectivity index (χ1n) is 9.15. The van der Waals surface area contributed by atoms with Crippen molar-refractivity contribution in [3.63, 3.8) is 0 Å². The molecule has 9 heteroatoms. The molecule has 0 bridgehead atoms. The molecule has 0 saturated carbocycles. The van der Waals surface area contributed by atoms with Gasteiger partial charge in [0.1, 0.15) is 5.82 Å². The molecule has 0 spiro atoms. The van der Waals surface area contributed by atoms with Crippen LogP contribution in [0, 0.1) is 27.7 Å². The van der Waals surface area contributed by atoms with Gasteiger partial charge in [-0.1, -0.05) is 29.6 Å². The number of hydrogen-bond acceptors (Lipinski definition) is 7. The zero-order valence-corrected chi connectivity index (χ0v) is 18.8. The molecule has 1 amide bonds. The second kappa shape index (κ2) is 9.41. The van der Waals surface area contributed by atoms with Crippen molar-refractivity contribution in [3.05, 3.63) is 52.6 Å². The number of benzene rings is 1. The summed E-state index contributed by atoms with van der Waals surface area (Å²) >= 11 is 2.89. The van der Waals surface area contributed by atoms with E-state index in [9.17, 15) is 4.79 Å². The monoisotopic (exact) mass is 428 g/mol. The van der Waals surface area contributed by atoms with Crippen molar-refractivity contribution in [3.8, 4) is 0 Å². The molecule has 0 aliphatic carbocycles. The van der Waals surface area contributed by atoms with E-state index >= 15 is 0 Å². The highest BCUT2D eigenvalue weighted by molar-refractivity contribution is 7.99. The molecule has 0 unspecified atom stereocenters. The summed E-state index contributed by atoms with van der Waals surface area (Å²) in [6, 6.07) is 7.84. The van der Waals surface area contributed by atoms with E-state index < -0.39 is 0 Å². The first-order chi connectivity index (χ1) is 13.8. The van der Waals surface area contributed by atoms with Gasteiger partial charge in [-0.2, -0.15) is 0 Å². The molecule has 3 rings (SSSR count). The SMILES string of the molecule is Cc1cc(C)nc(SCc2nnc(SCC(=O)Nc3ccc(C)c(C)c3)n2C)n1. The Bertz CT molecular complexity index is 1010. The average molecular weight is 429 g/mol. The third kappa shape index (κ3) is 5.80. The molecule has 0 atom stereocenters. The van der Waals surface area contributed by atoms with Crippen molar-refractivity contribution in [1.29, 1.82) is 0 Å². The smallest absolute Gasteiger partial charge is 0.234 e. The summed E-state index contributed by atoms with van der Waals surface area (Å²) in [4.78, 5) is 21.1. The number of thioether (sulfide) groups is 2. The van der Waals surface area contributed by atoms with E-state index in [0.717, 1.165) is 33.6 Å². The van der Waals surface area contributed by atoms with Gasteiger partial charge in [0, 0.05) is 24.1 Å². The van der Waals surface area contributed by atoms with Crippen LogP contribution in [0.25, 0.3) is 0 Å². The highest BCUT2D eigenvalue weighted by Gasteiger charge is 2.13. The van der Waals surface area contributed by atoms with Crippen molar-refractivity contribution >= 4 is 35.1 Å². The van der Waals surface area contributed by atoms with Crippen molar-refractivity contribution in [2.24, 2.45) is 7.05 Å². The lowest BCUT2D eigenvalue weighted by Gasteiger charge is -2.07. The Morgan fingerprint density at radius 1 is 1.00 bits per heavy atom. The zero-order chi connectivity index (χ0) is 21.0. The number of aryl methyl sites for hydroxylation is 4. The molecule has 1 aromatic carbocycles. The predicted octanol–water partition coefficient (Wildman–Crippen LogP) is 3.86. The number of nitrogens with one attached hydrogen (secondary N) is 1. The molecule has 152 valence electrons. The standard InChI is InChI=1S/C20H24N6OS2/c1-12-6-7-16(8-13(12)2)23-18(27)11-29-20-25-24-17(26(20)5)10-28-19-21-14(3)9-15(4)22-19/h6-9H,10-11H2,1-5H3,(H,23,27). The fourth-order valence-electron chi connectivity index (χ4n) is 2.63. The van der Waals surface area contributed by atoms with Gasteiger partial charge in [-0.15, -0.1) is 10.2 Å².